The number of amides is 1. The van der Waals surface area contributed by atoms with Crippen LogP contribution in [0, 0.1) is 6.92 Å². The minimum atomic E-state index is -0.271. The van der Waals surface area contributed by atoms with Gasteiger partial charge in [0.05, 0.1) is 17.2 Å². The van der Waals surface area contributed by atoms with Crippen molar-refractivity contribution in [1.29, 1.82) is 0 Å². The van der Waals surface area contributed by atoms with E-state index in [1.165, 1.54) is 0 Å². The van der Waals surface area contributed by atoms with E-state index >= 15 is 0 Å². The summed E-state index contributed by atoms with van der Waals surface area (Å²) >= 11 is 0. The van der Waals surface area contributed by atoms with Gasteiger partial charge in [-0.05, 0) is 31.2 Å². The zero-order chi connectivity index (χ0) is 21.4. The van der Waals surface area contributed by atoms with E-state index in [2.05, 4.69) is 37.2 Å². The van der Waals surface area contributed by atoms with Crippen LogP contribution in [-0.2, 0) is 7.05 Å². The number of para-hydroxylation sites is 1. The summed E-state index contributed by atoms with van der Waals surface area (Å²) in [6.07, 6.45) is 1.71. The molecule has 0 bridgehead atoms. The molecule has 152 valence electrons. The first-order chi connectivity index (χ1) is 15.1. The molecule has 5 rings (SSSR count). The molecule has 2 N–H and O–H groups in total. The van der Waals surface area contributed by atoms with Crippen molar-refractivity contribution >= 4 is 34.1 Å². The summed E-state index contributed by atoms with van der Waals surface area (Å²) in [7, 11) is 2.02. The molecule has 2 heterocycles. The van der Waals surface area contributed by atoms with E-state index in [4.69, 9.17) is 0 Å². The molecule has 6 heteroatoms. The molecular weight excluding hydrogens is 386 g/mol. The van der Waals surface area contributed by atoms with E-state index in [1.807, 2.05) is 62.5 Å². The molecule has 31 heavy (non-hydrogen) atoms. The minimum Gasteiger partial charge on any atom is -0.347 e. The van der Waals surface area contributed by atoms with Crippen LogP contribution in [0.25, 0.3) is 33.3 Å². The maximum absolute atomic E-state index is 12.6. The second-order valence-electron chi connectivity index (χ2n) is 7.46. The SMILES string of the molecule is Cc1c(/C=N/NC(=O)c2ccc3nc(-c4ccccc4)[nH]c3c2)c2ccccc2n1C. The first-order valence-corrected chi connectivity index (χ1v) is 10.0. The van der Waals surface area contributed by atoms with Gasteiger partial charge in [-0.15, -0.1) is 0 Å². The van der Waals surface area contributed by atoms with Gasteiger partial charge in [-0.25, -0.2) is 10.4 Å². The molecule has 6 nitrogen and oxygen atoms in total. The van der Waals surface area contributed by atoms with E-state index in [0.29, 0.717) is 5.56 Å². The first kappa shape index (κ1) is 18.8. The summed E-state index contributed by atoms with van der Waals surface area (Å²) in [5.74, 6) is 0.504. The highest BCUT2D eigenvalue weighted by Gasteiger charge is 2.11. The Hall–Kier alpha value is -4.19. The number of hydrogen-bond donors (Lipinski definition) is 2. The van der Waals surface area contributed by atoms with Crippen molar-refractivity contribution in [2.75, 3.05) is 0 Å². The fourth-order valence-electron chi connectivity index (χ4n) is 3.82. The molecule has 1 amide bonds. The van der Waals surface area contributed by atoms with Gasteiger partial charge in [0.1, 0.15) is 5.82 Å². The molecule has 3 aromatic carbocycles. The van der Waals surface area contributed by atoms with Gasteiger partial charge >= 0.3 is 0 Å². The quantitative estimate of drug-likeness (QED) is 0.332. The molecule has 0 saturated heterocycles. The lowest BCUT2D eigenvalue weighted by Crippen LogP contribution is -2.17. The second kappa shape index (κ2) is 7.57. The Morgan fingerprint density at radius 2 is 1.84 bits per heavy atom. The first-order valence-electron chi connectivity index (χ1n) is 10.0. The highest BCUT2D eigenvalue weighted by Crippen LogP contribution is 2.23. The van der Waals surface area contributed by atoms with E-state index in [9.17, 15) is 4.79 Å². The molecule has 0 aliphatic carbocycles. The molecule has 0 fully saturated rings. The predicted molar refractivity (Wildman–Crippen MR) is 124 cm³/mol. The van der Waals surface area contributed by atoms with Crippen molar-refractivity contribution in [3.8, 4) is 11.4 Å². The summed E-state index contributed by atoms with van der Waals surface area (Å²) in [5, 5.41) is 5.32. The van der Waals surface area contributed by atoms with Gasteiger partial charge in [0.25, 0.3) is 5.91 Å². The van der Waals surface area contributed by atoms with Crippen molar-refractivity contribution in [2.45, 2.75) is 6.92 Å². The highest BCUT2D eigenvalue weighted by molar-refractivity contribution is 6.02. The van der Waals surface area contributed by atoms with Gasteiger partial charge in [0.15, 0.2) is 0 Å². The number of carbonyl (C=O) groups is 1. The number of rotatable bonds is 4. The van der Waals surface area contributed by atoms with Crippen molar-refractivity contribution in [3.63, 3.8) is 0 Å². The summed E-state index contributed by atoms with van der Waals surface area (Å²) in [4.78, 5) is 20.5. The average molecular weight is 407 g/mol. The Morgan fingerprint density at radius 1 is 1.06 bits per heavy atom. The van der Waals surface area contributed by atoms with Gasteiger partial charge < -0.3 is 9.55 Å². The molecular formula is C25H21N5O. The number of nitrogens with zero attached hydrogens (tertiary/aromatic N) is 3. The van der Waals surface area contributed by atoms with Crippen LogP contribution in [0.15, 0.2) is 77.9 Å². The fourth-order valence-corrected chi connectivity index (χ4v) is 3.82. The summed E-state index contributed by atoms with van der Waals surface area (Å²) in [6, 6.07) is 23.4. The molecule has 2 aromatic heterocycles. The third-order valence-corrected chi connectivity index (χ3v) is 5.60. The molecule has 0 unspecified atom stereocenters. The number of aromatic nitrogens is 3. The van der Waals surface area contributed by atoms with Crippen molar-refractivity contribution < 1.29 is 4.79 Å². The largest absolute Gasteiger partial charge is 0.347 e. The van der Waals surface area contributed by atoms with Crippen LogP contribution in [0.5, 0.6) is 0 Å². The number of aryl methyl sites for hydroxylation is 1. The number of nitrogens with one attached hydrogen (secondary N) is 2. The van der Waals surface area contributed by atoms with Crippen LogP contribution < -0.4 is 5.43 Å². The second-order valence-corrected chi connectivity index (χ2v) is 7.46. The highest BCUT2D eigenvalue weighted by atomic mass is 16.2. The topological polar surface area (TPSA) is 75.1 Å². The van der Waals surface area contributed by atoms with E-state index in [1.54, 1.807) is 18.3 Å². The number of carbonyl (C=O) groups excluding carboxylic acids is 1. The third-order valence-electron chi connectivity index (χ3n) is 5.60. The lowest BCUT2D eigenvalue weighted by molar-refractivity contribution is 0.0955. The van der Waals surface area contributed by atoms with Gasteiger partial charge in [-0.1, -0.05) is 48.5 Å². The van der Waals surface area contributed by atoms with E-state index in [0.717, 1.165) is 44.6 Å². The number of hydrazone groups is 1. The normalized spacial score (nSPS) is 11.5. The van der Waals surface area contributed by atoms with E-state index < -0.39 is 0 Å². The molecule has 0 spiro atoms. The maximum Gasteiger partial charge on any atom is 0.271 e. The Bertz CT molecular complexity index is 1440. The Morgan fingerprint density at radius 3 is 2.68 bits per heavy atom. The zero-order valence-electron chi connectivity index (χ0n) is 17.3. The number of fused-ring (bicyclic) bond motifs is 2. The summed E-state index contributed by atoms with van der Waals surface area (Å²) in [6.45, 7) is 2.04. The molecule has 0 saturated carbocycles. The third kappa shape index (κ3) is 3.38. The van der Waals surface area contributed by atoms with Crippen LogP contribution >= 0.6 is 0 Å². The monoisotopic (exact) mass is 407 g/mol. The van der Waals surface area contributed by atoms with Crippen LogP contribution in [0.2, 0.25) is 0 Å². The van der Waals surface area contributed by atoms with E-state index in [-0.39, 0.29) is 5.91 Å². The van der Waals surface area contributed by atoms with Crippen LogP contribution in [0.4, 0.5) is 0 Å². The Labute approximate surface area is 179 Å². The van der Waals surface area contributed by atoms with Gasteiger partial charge in [0.2, 0.25) is 0 Å². The number of benzene rings is 3. The minimum absolute atomic E-state index is 0.271. The number of imidazole rings is 1. The van der Waals surface area contributed by atoms with Crippen LogP contribution in [0.1, 0.15) is 21.6 Å². The van der Waals surface area contributed by atoms with Crippen molar-refractivity contribution in [3.05, 3.63) is 89.6 Å². The van der Waals surface area contributed by atoms with Crippen LogP contribution in [-0.4, -0.2) is 26.7 Å². The number of hydrogen-bond acceptors (Lipinski definition) is 3. The van der Waals surface area contributed by atoms with Gasteiger partial charge in [0, 0.05) is 40.3 Å². The van der Waals surface area contributed by atoms with Crippen molar-refractivity contribution in [1.82, 2.24) is 20.0 Å². The summed E-state index contributed by atoms with van der Waals surface area (Å²) < 4.78 is 2.12. The molecule has 5 aromatic rings. The molecule has 0 radical (unpaired) electrons. The van der Waals surface area contributed by atoms with Crippen LogP contribution in [0.3, 0.4) is 0 Å². The fraction of sp³-hybridized carbons (Fsp3) is 0.0800. The standard InChI is InChI=1S/C25H21N5O/c1-16-20(19-10-6-7-11-23(19)30(16)2)15-26-29-25(31)18-12-13-21-22(14-18)28-24(27-21)17-8-4-3-5-9-17/h3-15H,1-2H3,(H,27,28)(H,29,31)/b26-15+. The Kier molecular flexibility index (Phi) is 4.59. The molecule has 0 aliphatic rings. The Balaban J connectivity index is 1.38. The summed E-state index contributed by atoms with van der Waals surface area (Å²) in [5.41, 5.74) is 8.99. The lowest BCUT2D eigenvalue weighted by Gasteiger charge is -2.00. The molecule has 0 aliphatic heterocycles. The average Bonchev–Trinajstić information content (AvgIpc) is 3.34. The number of H-pyrrole nitrogens is 1. The van der Waals surface area contributed by atoms with Gasteiger partial charge in [-0.2, -0.15) is 5.10 Å². The number of aromatic amines is 1. The zero-order valence-corrected chi connectivity index (χ0v) is 17.3. The van der Waals surface area contributed by atoms with Gasteiger partial charge in [-0.3, -0.25) is 4.79 Å². The lowest BCUT2D eigenvalue weighted by atomic mass is 10.1. The molecule has 0 atom stereocenters. The maximum atomic E-state index is 12.6. The predicted octanol–water partition coefficient (Wildman–Crippen LogP) is 4.79. The van der Waals surface area contributed by atoms with Crippen molar-refractivity contribution in [2.24, 2.45) is 12.1 Å². The smallest absolute Gasteiger partial charge is 0.271 e.